The average molecular weight is 348 g/mol. The number of rotatable bonds is 3. The van der Waals surface area contributed by atoms with E-state index in [0.29, 0.717) is 10.0 Å². The van der Waals surface area contributed by atoms with Crippen molar-refractivity contribution in [2.75, 3.05) is 0 Å². The van der Waals surface area contributed by atoms with Crippen molar-refractivity contribution >= 4 is 46.1 Å². The lowest BCUT2D eigenvalue weighted by Gasteiger charge is -2.15. The van der Waals surface area contributed by atoms with Crippen molar-refractivity contribution in [3.8, 4) is 0 Å². The molecule has 1 unspecified atom stereocenters. The van der Waals surface area contributed by atoms with Crippen molar-refractivity contribution in [2.45, 2.75) is 38.0 Å². The maximum absolute atomic E-state index is 6.53. The third-order valence-electron chi connectivity index (χ3n) is 3.07. The van der Waals surface area contributed by atoms with Crippen molar-refractivity contribution in [2.24, 2.45) is 0 Å². The highest BCUT2D eigenvalue weighted by molar-refractivity contribution is 7.12. The number of alkyl halides is 1. The summed E-state index contributed by atoms with van der Waals surface area (Å²) < 4.78 is 0. The Balaban J connectivity index is 2.13. The van der Waals surface area contributed by atoms with Crippen LogP contribution >= 0.6 is 46.1 Å². The number of hydrogen-bond acceptors (Lipinski definition) is 1. The summed E-state index contributed by atoms with van der Waals surface area (Å²) in [5, 5.41) is 1.12. The van der Waals surface area contributed by atoms with Gasteiger partial charge in [0.1, 0.15) is 0 Å². The third kappa shape index (κ3) is 3.92. The Morgan fingerprint density at radius 1 is 1.05 bits per heavy atom. The normalized spacial score (nSPS) is 13.5. The van der Waals surface area contributed by atoms with Crippen LogP contribution in [0.3, 0.4) is 0 Å². The molecule has 1 aromatic carbocycles. The van der Waals surface area contributed by atoms with Gasteiger partial charge in [-0.3, -0.25) is 0 Å². The molecule has 0 bridgehead atoms. The molecule has 0 radical (unpaired) electrons. The summed E-state index contributed by atoms with van der Waals surface area (Å²) >= 11 is 20.3. The lowest BCUT2D eigenvalue weighted by Crippen LogP contribution is -2.07. The second-order valence-electron chi connectivity index (χ2n) is 5.87. The van der Waals surface area contributed by atoms with Gasteiger partial charge in [-0.25, -0.2) is 0 Å². The molecule has 2 rings (SSSR count). The van der Waals surface area contributed by atoms with Crippen molar-refractivity contribution in [1.29, 1.82) is 0 Å². The van der Waals surface area contributed by atoms with Gasteiger partial charge in [0.05, 0.1) is 15.4 Å². The van der Waals surface area contributed by atoms with Gasteiger partial charge in [0.25, 0.3) is 0 Å². The summed E-state index contributed by atoms with van der Waals surface area (Å²) in [6.45, 7) is 6.64. The van der Waals surface area contributed by atoms with E-state index in [1.807, 2.05) is 18.2 Å². The van der Waals surface area contributed by atoms with E-state index in [9.17, 15) is 0 Å². The highest BCUT2D eigenvalue weighted by Gasteiger charge is 2.19. The van der Waals surface area contributed by atoms with Gasteiger partial charge in [-0.15, -0.1) is 22.9 Å². The van der Waals surface area contributed by atoms with Crippen LogP contribution in [0.4, 0.5) is 0 Å². The molecule has 1 heterocycles. The summed E-state index contributed by atoms with van der Waals surface area (Å²) in [5.74, 6) is 0. The van der Waals surface area contributed by atoms with Crippen molar-refractivity contribution in [3.05, 3.63) is 55.7 Å². The molecule has 1 aromatic heterocycles. The Bertz CT molecular complexity index is 596. The largest absolute Gasteiger partial charge is 0.143 e. The van der Waals surface area contributed by atoms with Crippen molar-refractivity contribution in [1.82, 2.24) is 0 Å². The van der Waals surface area contributed by atoms with E-state index in [0.717, 1.165) is 12.0 Å². The van der Waals surface area contributed by atoms with E-state index in [2.05, 4.69) is 32.9 Å². The van der Waals surface area contributed by atoms with Crippen molar-refractivity contribution in [3.63, 3.8) is 0 Å². The lowest BCUT2D eigenvalue weighted by molar-refractivity contribution is 0.604. The Hall–Kier alpha value is -0.210. The minimum absolute atomic E-state index is 0.0339. The molecule has 0 nitrogen and oxygen atoms in total. The molecular weight excluding hydrogens is 331 g/mol. The molecule has 0 amide bonds. The molecule has 1 atom stereocenters. The second kappa shape index (κ2) is 6.27. The second-order valence-corrected chi connectivity index (χ2v) is 8.33. The summed E-state index contributed by atoms with van der Waals surface area (Å²) in [5.41, 5.74) is 1.27. The topological polar surface area (TPSA) is 0 Å². The van der Waals surface area contributed by atoms with Crippen LogP contribution in [0.5, 0.6) is 0 Å². The number of halogens is 3. The number of hydrogen-bond donors (Lipinski definition) is 0. The van der Waals surface area contributed by atoms with Gasteiger partial charge in [-0.2, -0.15) is 0 Å². The Labute approximate surface area is 139 Å². The fraction of sp³-hybridized carbons (Fsp3) is 0.375. The first-order chi connectivity index (χ1) is 9.27. The zero-order valence-electron chi connectivity index (χ0n) is 11.7. The molecule has 0 saturated carbocycles. The summed E-state index contributed by atoms with van der Waals surface area (Å²) in [6, 6.07) is 9.97. The standard InChI is InChI=1S/C16H17Cl3S/c1-16(2,3)15-7-6-14(20-15)13(19)9-10-4-5-11(17)12(18)8-10/h4-8,13H,9H2,1-3H3. The smallest absolute Gasteiger partial charge is 0.0718 e. The van der Waals surface area contributed by atoms with Crippen LogP contribution in [0.15, 0.2) is 30.3 Å². The predicted octanol–water partition coefficient (Wildman–Crippen LogP) is 6.88. The lowest BCUT2D eigenvalue weighted by atomic mass is 9.95. The molecule has 0 spiro atoms. The van der Waals surface area contributed by atoms with Gasteiger partial charge >= 0.3 is 0 Å². The van der Waals surface area contributed by atoms with E-state index >= 15 is 0 Å². The predicted molar refractivity (Wildman–Crippen MR) is 91.8 cm³/mol. The first-order valence-corrected chi connectivity index (χ1v) is 8.46. The minimum atomic E-state index is -0.0339. The fourth-order valence-electron chi connectivity index (χ4n) is 1.90. The van der Waals surface area contributed by atoms with Crippen LogP contribution in [0, 0.1) is 0 Å². The molecule has 4 heteroatoms. The molecular formula is C16H17Cl3S. The maximum Gasteiger partial charge on any atom is 0.0718 e. The Morgan fingerprint density at radius 3 is 2.30 bits per heavy atom. The molecule has 0 N–H and O–H groups in total. The average Bonchev–Trinajstić information content (AvgIpc) is 2.83. The van der Waals surface area contributed by atoms with Crippen LogP contribution in [0.1, 0.15) is 41.5 Å². The van der Waals surface area contributed by atoms with Crippen LogP contribution in [-0.2, 0) is 11.8 Å². The van der Waals surface area contributed by atoms with Gasteiger partial charge in [-0.1, -0.05) is 50.0 Å². The van der Waals surface area contributed by atoms with Gasteiger partial charge < -0.3 is 0 Å². The van der Waals surface area contributed by atoms with E-state index in [4.69, 9.17) is 34.8 Å². The zero-order valence-corrected chi connectivity index (χ0v) is 14.8. The fourth-order valence-corrected chi connectivity index (χ4v) is 3.65. The molecule has 20 heavy (non-hydrogen) atoms. The van der Waals surface area contributed by atoms with Gasteiger partial charge in [0.15, 0.2) is 0 Å². The maximum atomic E-state index is 6.53. The molecule has 0 aliphatic rings. The molecule has 0 aliphatic heterocycles. The van der Waals surface area contributed by atoms with Crippen LogP contribution in [0.25, 0.3) is 0 Å². The summed E-state index contributed by atoms with van der Waals surface area (Å²) in [7, 11) is 0. The quantitative estimate of drug-likeness (QED) is 0.531. The van der Waals surface area contributed by atoms with E-state index in [1.165, 1.54) is 9.75 Å². The number of thiophene rings is 1. The van der Waals surface area contributed by atoms with Crippen molar-refractivity contribution < 1.29 is 0 Å². The molecule has 0 fully saturated rings. The van der Waals surface area contributed by atoms with Crippen LogP contribution < -0.4 is 0 Å². The molecule has 108 valence electrons. The third-order valence-corrected chi connectivity index (χ3v) is 5.96. The van der Waals surface area contributed by atoms with Crippen LogP contribution in [0.2, 0.25) is 10.0 Å². The van der Waals surface area contributed by atoms with Gasteiger partial charge in [0.2, 0.25) is 0 Å². The van der Waals surface area contributed by atoms with E-state index < -0.39 is 0 Å². The summed E-state index contributed by atoms with van der Waals surface area (Å²) in [6.07, 6.45) is 0.753. The van der Waals surface area contributed by atoms with E-state index in [-0.39, 0.29) is 10.8 Å². The first-order valence-electron chi connectivity index (χ1n) is 6.45. The van der Waals surface area contributed by atoms with Gasteiger partial charge in [0, 0.05) is 9.75 Å². The zero-order chi connectivity index (χ0) is 14.9. The Kier molecular flexibility index (Phi) is 5.07. The van der Waals surface area contributed by atoms with Gasteiger partial charge in [-0.05, 0) is 41.7 Å². The Morgan fingerprint density at radius 2 is 1.75 bits per heavy atom. The highest BCUT2D eigenvalue weighted by Crippen LogP contribution is 2.36. The SMILES string of the molecule is CC(C)(C)c1ccc(C(Cl)Cc2ccc(Cl)c(Cl)c2)s1. The van der Waals surface area contributed by atoms with E-state index in [1.54, 1.807) is 11.3 Å². The summed E-state index contributed by atoms with van der Waals surface area (Å²) in [4.78, 5) is 2.55. The monoisotopic (exact) mass is 346 g/mol. The molecule has 0 saturated heterocycles. The number of benzene rings is 1. The highest BCUT2D eigenvalue weighted by atomic mass is 35.5. The van der Waals surface area contributed by atoms with Crippen LogP contribution in [-0.4, -0.2) is 0 Å². The minimum Gasteiger partial charge on any atom is -0.143 e. The molecule has 0 aliphatic carbocycles. The first kappa shape index (κ1) is 16.2. The molecule has 2 aromatic rings.